The quantitative estimate of drug-likeness (QED) is 0.630. The highest BCUT2D eigenvalue weighted by molar-refractivity contribution is 7.92. The van der Waals surface area contributed by atoms with Crippen molar-refractivity contribution in [3.63, 3.8) is 0 Å². The first kappa shape index (κ1) is 18.6. The van der Waals surface area contributed by atoms with Crippen LogP contribution in [-0.4, -0.2) is 49.0 Å². The molecule has 2 atom stereocenters. The number of nitrogens with zero attached hydrogens (tertiary/aromatic N) is 1. The van der Waals surface area contributed by atoms with E-state index in [0.717, 1.165) is 0 Å². The van der Waals surface area contributed by atoms with Crippen LogP contribution in [0.4, 0.5) is 0 Å². The molecule has 2 unspecified atom stereocenters. The van der Waals surface area contributed by atoms with Crippen LogP contribution in [0.1, 0.15) is 41.5 Å². The predicted octanol–water partition coefficient (Wildman–Crippen LogP) is 1.98. The van der Waals surface area contributed by atoms with Gasteiger partial charge in [-0.1, -0.05) is 40.8 Å². The summed E-state index contributed by atoms with van der Waals surface area (Å²) in [4.78, 5) is 12.6. The summed E-state index contributed by atoms with van der Waals surface area (Å²) in [5.74, 6) is -1.12. The molecule has 5 nitrogen and oxygen atoms in total. The van der Waals surface area contributed by atoms with Gasteiger partial charge in [0.05, 0.1) is 11.5 Å². The fourth-order valence-electron chi connectivity index (χ4n) is 2.61. The van der Waals surface area contributed by atoms with E-state index >= 15 is 0 Å². The molecule has 21 heavy (non-hydrogen) atoms. The topological polar surface area (TPSA) is 74.7 Å². The highest BCUT2D eigenvalue weighted by Crippen LogP contribution is 2.48. The minimum absolute atomic E-state index is 0.0251. The standard InChI is InChI=1S/C14H29NO4SSi/c1-9-20(18,19)12-10(14(5,6)17)11(16)15(12)21(7,8)13(2,3)4/h10,12,17H,9H2,1-8H3. The first-order valence-corrected chi connectivity index (χ1v) is 12.0. The zero-order chi connectivity index (χ0) is 17.0. The maximum Gasteiger partial charge on any atom is 0.224 e. The van der Waals surface area contributed by atoms with Gasteiger partial charge in [-0.2, -0.15) is 0 Å². The van der Waals surface area contributed by atoms with Gasteiger partial charge in [0.2, 0.25) is 5.91 Å². The van der Waals surface area contributed by atoms with E-state index in [1.165, 1.54) is 13.8 Å². The Balaban J connectivity index is 3.39. The SMILES string of the molecule is CCS(=O)(=O)C1C(C(C)(C)O)C(=O)N1[Si](C)(C)C(C)(C)C. The summed E-state index contributed by atoms with van der Waals surface area (Å²) in [5.41, 5.74) is -1.33. The molecule has 0 spiro atoms. The van der Waals surface area contributed by atoms with Crippen LogP contribution in [-0.2, 0) is 14.6 Å². The smallest absolute Gasteiger partial charge is 0.224 e. The van der Waals surface area contributed by atoms with Crippen LogP contribution in [0.25, 0.3) is 0 Å². The second-order valence-corrected chi connectivity index (χ2v) is 15.5. The molecule has 124 valence electrons. The summed E-state index contributed by atoms with van der Waals surface area (Å²) in [7, 11) is -5.74. The van der Waals surface area contributed by atoms with Crippen LogP contribution in [0.15, 0.2) is 0 Å². The molecule has 7 heteroatoms. The van der Waals surface area contributed by atoms with Gasteiger partial charge in [0.15, 0.2) is 18.1 Å². The summed E-state index contributed by atoms with van der Waals surface area (Å²) in [6.45, 7) is 14.8. The van der Waals surface area contributed by atoms with Crippen molar-refractivity contribution in [3.8, 4) is 0 Å². The zero-order valence-corrected chi connectivity index (χ0v) is 16.2. The van der Waals surface area contributed by atoms with Gasteiger partial charge in [-0.25, -0.2) is 8.42 Å². The van der Waals surface area contributed by atoms with Crippen molar-refractivity contribution >= 4 is 24.0 Å². The van der Waals surface area contributed by atoms with Crippen molar-refractivity contribution in [1.82, 2.24) is 4.57 Å². The molecule has 0 aliphatic carbocycles. The number of carbonyl (C=O) groups excluding carboxylic acids is 1. The lowest BCUT2D eigenvalue weighted by Crippen LogP contribution is -2.78. The lowest BCUT2D eigenvalue weighted by molar-refractivity contribution is -0.157. The van der Waals surface area contributed by atoms with Gasteiger partial charge in [-0.15, -0.1) is 0 Å². The summed E-state index contributed by atoms with van der Waals surface area (Å²) in [6, 6.07) is 0. The number of hydrogen-bond donors (Lipinski definition) is 1. The molecule has 0 aromatic rings. The van der Waals surface area contributed by atoms with Crippen molar-refractivity contribution in [2.45, 2.75) is 70.6 Å². The molecule has 1 heterocycles. The number of rotatable bonds is 4. The van der Waals surface area contributed by atoms with Crippen molar-refractivity contribution in [2.75, 3.05) is 5.75 Å². The molecule has 0 aromatic heterocycles. The summed E-state index contributed by atoms with van der Waals surface area (Å²) >= 11 is 0. The maximum atomic E-state index is 12.6. The van der Waals surface area contributed by atoms with Crippen molar-refractivity contribution in [1.29, 1.82) is 0 Å². The number of hydrogen-bond acceptors (Lipinski definition) is 4. The van der Waals surface area contributed by atoms with E-state index in [1.807, 2.05) is 33.9 Å². The Bertz CT molecular complexity index is 528. The molecular weight excluding hydrogens is 306 g/mol. The van der Waals surface area contributed by atoms with Gasteiger partial charge < -0.3 is 9.67 Å². The third-order valence-electron chi connectivity index (χ3n) is 5.01. The second-order valence-electron chi connectivity index (χ2n) is 7.99. The Morgan fingerprint density at radius 2 is 1.62 bits per heavy atom. The Kier molecular flexibility index (Phi) is 4.49. The lowest BCUT2D eigenvalue weighted by atomic mass is 9.85. The molecule has 0 bridgehead atoms. The average molecular weight is 336 g/mol. The Morgan fingerprint density at radius 3 is 1.90 bits per heavy atom. The van der Waals surface area contributed by atoms with E-state index < -0.39 is 35.0 Å². The van der Waals surface area contributed by atoms with E-state index in [4.69, 9.17) is 0 Å². The molecule has 1 aliphatic rings. The lowest BCUT2D eigenvalue weighted by Gasteiger charge is -2.59. The van der Waals surface area contributed by atoms with Gasteiger partial charge in [-0.05, 0) is 18.9 Å². The minimum Gasteiger partial charge on any atom is -0.390 e. The van der Waals surface area contributed by atoms with Gasteiger partial charge in [0.1, 0.15) is 5.37 Å². The first-order valence-electron chi connectivity index (χ1n) is 7.36. The third-order valence-corrected chi connectivity index (χ3v) is 12.6. The van der Waals surface area contributed by atoms with Crippen molar-refractivity contribution in [2.24, 2.45) is 5.92 Å². The molecule has 1 aliphatic heterocycles. The molecule has 1 rings (SSSR count). The van der Waals surface area contributed by atoms with E-state index in [-0.39, 0.29) is 16.7 Å². The third kappa shape index (κ3) is 2.92. The van der Waals surface area contributed by atoms with Gasteiger partial charge in [-0.3, -0.25) is 4.79 Å². The summed E-state index contributed by atoms with van der Waals surface area (Å²) < 4.78 is 26.6. The van der Waals surface area contributed by atoms with Gasteiger partial charge in [0, 0.05) is 5.75 Å². The first-order chi connectivity index (χ1) is 9.09. The Hall–Kier alpha value is -0.403. The van der Waals surface area contributed by atoms with Crippen molar-refractivity contribution < 1.29 is 18.3 Å². The summed E-state index contributed by atoms with van der Waals surface area (Å²) in [5, 5.41) is 9.19. The number of amides is 1. The molecular formula is C14H29NO4SSi. The van der Waals surface area contributed by atoms with Crippen molar-refractivity contribution in [3.05, 3.63) is 0 Å². The van der Waals surface area contributed by atoms with Crippen LogP contribution in [0.5, 0.6) is 0 Å². The van der Waals surface area contributed by atoms with Crippen LogP contribution >= 0.6 is 0 Å². The largest absolute Gasteiger partial charge is 0.390 e. The van der Waals surface area contributed by atoms with Gasteiger partial charge >= 0.3 is 0 Å². The molecule has 0 radical (unpaired) electrons. The highest BCUT2D eigenvalue weighted by atomic mass is 32.2. The molecule has 0 aromatic carbocycles. The molecule has 0 saturated carbocycles. The van der Waals surface area contributed by atoms with Gasteiger partial charge in [0.25, 0.3) is 0 Å². The minimum atomic E-state index is -3.44. The fraction of sp³-hybridized carbons (Fsp3) is 0.929. The average Bonchev–Trinajstić information content (AvgIpc) is 2.21. The number of sulfone groups is 1. The molecule has 1 fully saturated rings. The van der Waals surface area contributed by atoms with Crippen LogP contribution in [0, 0.1) is 5.92 Å². The van der Waals surface area contributed by atoms with E-state index in [2.05, 4.69) is 0 Å². The predicted molar refractivity (Wildman–Crippen MR) is 87.1 cm³/mol. The number of β-lactam (4-membered cyclic amide) rings is 1. The summed E-state index contributed by atoms with van der Waals surface area (Å²) in [6.07, 6.45) is 0. The molecule has 1 N–H and O–H groups in total. The van der Waals surface area contributed by atoms with Crippen LogP contribution in [0.2, 0.25) is 18.1 Å². The Morgan fingerprint density at radius 1 is 1.19 bits per heavy atom. The highest BCUT2D eigenvalue weighted by Gasteiger charge is 2.64. The molecule has 1 saturated heterocycles. The van der Waals surface area contributed by atoms with E-state index in [9.17, 15) is 18.3 Å². The van der Waals surface area contributed by atoms with E-state index in [1.54, 1.807) is 11.5 Å². The molecule has 1 amide bonds. The maximum absolute atomic E-state index is 12.6. The fourth-order valence-corrected chi connectivity index (χ4v) is 7.71. The second kappa shape index (κ2) is 5.06. The number of carbonyl (C=O) groups is 1. The normalized spacial score (nSPS) is 25.0. The van der Waals surface area contributed by atoms with Crippen LogP contribution in [0.3, 0.4) is 0 Å². The Labute approximate surface area is 129 Å². The van der Waals surface area contributed by atoms with E-state index in [0.29, 0.717) is 0 Å². The zero-order valence-electron chi connectivity index (χ0n) is 14.4. The number of aliphatic hydroxyl groups is 1. The monoisotopic (exact) mass is 335 g/mol. The van der Waals surface area contributed by atoms with Crippen LogP contribution < -0.4 is 0 Å².